The molecule has 0 radical (unpaired) electrons. The van der Waals surface area contributed by atoms with E-state index in [-0.39, 0.29) is 0 Å². The van der Waals surface area contributed by atoms with Gasteiger partial charge in [0.25, 0.3) is 0 Å². The highest BCUT2D eigenvalue weighted by molar-refractivity contribution is 7.80. The Hall–Kier alpha value is -3.25. The average molecular weight is 379 g/mol. The first-order valence-corrected chi connectivity index (χ1v) is 8.68. The van der Waals surface area contributed by atoms with Crippen molar-refractivity contribution in [3.05, 3.63) is 83.4 Å². The summed E-state index contributed by atoms with van der Waals surface area (Å²) in [5.74, 6) is -0.974. The molecule has 0 aromatic heterocycles. The summed E-state index contributed by atoms with van der Waals surface area (Å²) in [6.45, 7) is 4.29. The first-order chi connectivity index (χ1) is 13.0. The molecule has 2 N–H and O–H groups in total. The van der Waals surface area contributed by atoms with Gasteiger partial charge in [-0.1, -0.05) is 61.2 Å². The lowest BCUT2D eigenvalue weighted by Gasteiger charge is -2.19. The summed E-state index contributed by atoms with van der Waals surface area (Å²) < 4.78 is 0. The normalized spacial score (nSPS) is 10.9. The van der Waals surface area contributed by atoms with Gasteiger partial charge in [0.05, 0.1) is 12.8 Å². The number of benzene rings is 2. The minimum absolute atomic E-state index is 0.514. The number of carboxylic acid groups (broad SMARTS) is 1. The van der Waals surface area contributed by atoms with Crippen LogP contribution in [-0.4, -0.2) is 34.5 Å². The van der Waals surface area contributed by atoms with Crippen LogP contribution in [0.5, 0.6) is 0 Å². The van der Waals surface area contributed by atoms with Gasteiger partial charge in [0.1, 0.15) is 0 Å². The molecule has 138 valence electrons. The van der Waals surface area contributed by atoms with Crippen LogP contribution in [0.3, 0.4) is 0 Å². The average Bonchev–Trinajstić information content (AvgIpc) is 2.70. The van der Waals surface area contributed by atoms with Crippen LogP contribution in [0.15, 0.2) is 66.3 Å². The Balaban J connectivity index is 2.11. The summed E-state index contributed by atoms with van der Waals surface area (Å²) in [5.41, 5.74) is 3.82. The number of carboxylic acids is 1. The van der Waals surface area contributed by atoms with Crippen LogP contribution in [-0.2, 0) is 11.3 Å². The molecule has 2 aromatic rings. The van der Waals surface area contributed by atoms with Gasteiger partial charge < -0.3 is 10.4 Å². The van der Waals surface area contributed by atoms with E-state index < -0.39 is 5.97 Å². The topological polar surface area (TPSA) is 64.9 Å². The first-order valence-electron chi connectivity index (χ1n) is 8.27. The zero-order valence-corrected chi connectivity index (χ0v) is 15.8. The predicted octanol–water partition coefficient (Wildman–Crippen LogP) is 3.77. The molecule has 0 aliphatic rings. The zero-order chi connectivity index (χ0) is 19.6. The highest BCUT2D eigenvalue weighted by atomic mass is 32.1. The summed E-state index contributed by atoms with van der Waals surface area (Å²) >= 11 is 5.34. The van der Waals surface area contributed by atoms with Crippen molar-refractivity contribution in [2.24, 2.45) is 5.10 Å². The Kier molecular flexibility index (Phi) is 7.46. The van der Waals surface area contributed by atoms with Gasteiger partial charge in [-0.25, -0.2) is 9.80 Å². The molecule has 0 amide bonds. The van der Waals surface area contributed by atoms with E-state index in [9.17, 15) is 4.79 Å². The third-order valence-corrected chi connectivity index (χ3v) is 4.11. The summed E-state index contributed by atoms with van der Waals surface area (Å²) in [6, 6.07) is 15.4. The highest BCUT2D eigenvalue weighted by Gasteiger charge is 2.07. The minimum atomic E-state index is -0.974. The smallest absolute Gasteiger partial charge is 0.328 e. The van der Waals surface area contributed by atoms with E-state index in [1.54, 1.807) is 30.4 Å². The largest absolute Gasteiger partial charge is 0.478 e. The van der Waals surface area contributed by atoms with Crippen molar-refractivity contribution in [3.63, 3.8) is 0 Å². The molecule has 6 heteroatoms. The SMILES string of the molecule is C=Cc1ccc(CN(N=Cc2ccc(C=CC(=O)O)cc2)C(=S)NC)cc1. The van der Waals surface area contributed by atoms with Crippen molar-refractivity contribution in [3.8, 4) is 0 Å². The van der Waals surface area contributed by atoms with Gasteiger partial charge in [-0.15, -0.1) is 0 Å². The van der Waals surface area contributed by atoms with Gasteiger partial charge in [-0.2, -0.15) is 5.10 Å². The molecule has 0 aliphatic heterocycles. The molecule has 0 unspecified atom stereocenters. The van der Waals surface area contributed by atoms with Crippen molar-refractivity contribution < 1.29 is 9.90 Å². The second kappa shape index (κ2) is 10.0. The van der Waals surface area contributed by atoms with E-state index in [1.807, 2.05) is 48.5 Å². The molecule has 27 heavy (non-hydrogen) atoms. The number of hydrogen-bond donors (Lipinski definition) is 2. The van der Waals surface area contributed by atoms with E-state index in [1.165, 1.54) is 0 Å². The maximum atomic E-state index is 10.6. The number of nitrogens with zero attached hydrogens (tertiary/aromatic N) is 2. The van der Waals surface area contributed by atoms with Crippen LogP contribution in [0.25, 0.3) is 12.2 Å². The fourth-order valence-electron chi connectivity index (χ4n) is 2.22. The van der Waals surface area contributed by atoms with Gasteiger partial charge in [-0.3, -0.25) is 0 Å². The van der Waals surface area contributed by atoms with Crippen LogP contribution in [0, 0.1) is 0 Å². The Morgan fingerprint density at radius 1 is 1.15 bits per heavy atom. The number of hydrogen-bond acceptors (Lipinski definition) is 3. The van der Waals surface area contributed by atoms with Crippen LogP contribution in [0.2, 0.25) is 0 Å². The van der Waals surface area contributed by atoms with Crippen molar-refractivity contribution >= 4 is 41.7 Å². The lowest BCUT2D eigenvalue weighted by atomic mass is 10.1. The third kappa shape index (κ3) is 6.52. The highest BCUT2D eigenvalue weighted by Crippen LogP contribution is 2.10. The Bertz CT molecular complexity index is 856. The molecule has 2 rings (SSSR count). The van der Waals surface area contributed by atoms with Crippen molar-refractivity contribution in [1.29, 1.82) is 0 Å². The zero-order valence-electron chi connectivity index (χ0n) is 15.0. The molecule has 0 saturated heterocycles. The van der Waals surface area contributed by atoms with E-state index in [0.29, 0.717) is 11.7 Å². The Morgan fingerprint density at radius 2 is 1.74 bits per heavy atom. The lowest BCUT2D eigenvalue weighted by Crippen LogP contribution is -2.33. The van der Waals surface area contributed by atoms with E-state index >= 15 is 0 Å². The molecule has 0 saturated carbocycles. The maximum absolute atomic E-state index is 10.6. The quantitative estimate of drug-likeness (QED) is 0.332. The summed E-state index contributed by atoms with van der Waals surface area (Å²) in [7, 11) is 1.76. The molecule has 0 aliphatic carbocycles. The Labute approximate surface area is 164 Å². The van der Waals surface area contributed by atoms with Crippen LogP contribution >= 0.6 is 12.2 Å². The van der Waals surface area contributed by atoms with Gasteiger partial charge in [0, 0.05) is 13.1 Å². The van der Waals surface area contributed by atoms with E-state index in [2.05, 4.69) is 17.0 Å². The van der Waals surface area contributed by atoms with Gasteiger partial charge in [-0.05, 0) is 40.5 Å². The van der Waals surface area contributed by atoms with Gasteiger partial charge in [0.15, 0.2) is 5.11 Å². The summed E-state index contributed by atoms with van der Waals surface area (Å²) in [4.78, 5) is 10.6. The number of aliphatic carboxylic acids is 1. The number of carbonyl (C=O) groups is 1. The van der Waals surface area contributed by atoms with Crippen molar-refractivity contribution in [2.75, 3.05) is 7.05 Å². The molecule has 2 aromatic carbocycles. The lowest BCUT2D eigenvalue weighted by molar-refractivity contribution is -0.131. The molecule has 0 bridgehead atoms. The summed E-state index contributed by atoms with van der Waals surface area (Å²) in [5, 5.41) is 18.3. The van der Waals surface area contributed by atoms with Crippen LogP contribution < -0.4 is 5.32 Å². The molecule has 0 heterocycles. The van der Waals surface area contributed by atoms with Crippen LogP contribution in [0.1, 0.15) is 22.3 Å². The van der Waals surface area contributed by atoms with Gasteiger partial charge in [0.2, 0.25) is 0 Å². The fourth-order valence-corrected chi connectivity index (χ4v) is 2.33. The number of thiocarbonyl (C=S) groups is 1. The molecule has 5 nitrogen and oxygen atoms in total. The second-order valence-electron chi connectivity index (χ2n) is 5.64. The third-order valence-electron chi connectivity index (χ3n) is 3.70. The monoisotopic (exact) mass is 379 g/mol. The van der Waals surface area contributed by atoms with Crippen LogP contribution in [0.4, 0.5) is 0 Å². The predicted molar refractivity (Wildman–Crippen MR) is 114 cm³/mol. The standard InChI is InChI=1S/C21H21N3O2S/c1-3-16-4-10-19(11-5-16)15-24(21(27)22-2)23-14-18-8-6-17(7-9-18)12-13-20(25)26/h3-14H,1,15H2,2H3,(H,22,27)(H,25,26). The van der Waals surface area contributed by atoms with Crippen molar-refractivity contribution in [1.82, 2.24) is 10.3 Å². The number of nitrogens with one attached hydrogen (secondary N) is 1. The Morgan fingerprint density at radius 3 is 2.30 bits per heavy atom. The first kappa shape index (κ1) is 20.1. The number of rotatable bonds is 7. The molecular weight excluding hydrogens is 358 g/mol. The van der Waals surface area contributed by atoms with Crippen molar-refractivity contribution in [2.45, 2.75) is 6.54 Å². The molecule has 0 atom stereocenters. The minimum Gasteiger partial charge on any atom is -0.478 e. The second-order valence-corrected chi connectivity index (χ2v) is 6.03. The molecule has 0 fully saturated rings. The van der Waals surface area contributed by atoms with E-state index in [0.717, 1.165) is 28.3 Å². The van der Waals surface area contributed by atoms with Gasteiger partial charge >= 0.3 is 5.97 Å². The number of hydrazone groups is 1. The molecular formula is C21H21N3O2S. The molecule has 0 spiro atoms. The maximum Gasteiger partial charge on any atom is 0.328 e. The van der Waals surface area contributed by atoms with E-state index in [4.69, 9.17) is 17.3 Å². The summed E-state index contributed by atoms with van der Waals surface area (Å²) in [6.07, 6.45) is 6.16. The fraction of sp³-hybridized carbons (Fsp3) is 0.0952.